The predicted molar refractivity (Wildman–Crippen MR) is 83.6 cm³/mol. The van der Waals surface area contributed by atoms with Crippen LogP contribution in [0.2, 0.25) is 0 Å². The fourth-order valence-electron chi connectivity index (χ4n) is 1.91. The second kappa shape index (κ2) is 7.05. The van der Waals surface area contributed by atoms with E-state index in [1.807, 2.05) is 45.0 Å². The van der Waals surface area contributed by atoms with Crippen LogP contribution in [0.25, 0.3) is 0 Å². The molecule has 21 heavy (non-hydrogen) atoms. The summed E-state index contributed by atoms with van der Waals surface area (Å²) in [7, 11) is 0. The Morgan fingerprint density at radius 3 is 2.29 bits per heavy atom. The average Bonchev–Trinajstić information content (AvgIpc) is 2.42. The van der Waals surface area contributed by atoms with Crippen molar-refractivity contribution in [3.05, 3.63) is 59.2 Å². The van der Waals surface area contributed by atoms with Gasteiger partial charge in [0, 0.05) is 17.5 Å². The maximum Gasteiger partial charge on any atom is 0.140 e. The van der Waals surface area contributed by atoms with Crippen molar-refractivity contribution in [2.24, 2.45) is 0 Å². The van der Waals surface area contributed by atoms with Crippen molar-refractivity contribution in [2.75, 3.05) is 0 Å². The van der Waals surface area contributed by atoms with Gasteiger partial charge in [0.1, 0.15) is 11.6 Å². The third-order valence-corrected chi connectivity index (χ3v) is 4.35. The van der Waals surface area contributed by atoms with Gasteiger partial charge in [-0.05, 0) is 36.2 Å². The first-order valence-corrected chi connectivity index (χ1v) is 7.74. The summed E-state index contributed by atoms with van der Waals surface area (Å²) >= 11 is 1.13. The van der Waals surface area contributed by atoms with E-state index in [0.29, 0.717) is 12.1 Å². The third-order valence-electron chi connectivity index (χ3n) is 3.08. The molecule has 0 aromatic heterocycles. The average molecular weight is 307 g/mol. The number of aryl methyl sites for hydroxylation is 1. The zero-order chi connectivity index (χ0) is 15.4. The molecule has 0 amide bonds. The van der Waals surface area contributed by atoms with E-state index in [4.69, 9.17) is 0 Å². The van der Waals surface area contributed by atoms with Gasteiger partial charge in [0.25, 0.3) is 0 Å². The Morgan fingerprint density at radius 2 is 1.71 bits per heavy atom. The number of nitrogens with one attached hydrogen (secondary N) is 1. The van der Waals surface area contributed by atoms with Crippen molar-refractivity contribution in [3.63, 3.8) is 0 Å². The SMILES string of the molecule is Cc1ccccc1Sc1c(F)cc(CNC(C)C)cc1F. The van der Waals surface area contributed by atoms with E-state index in [-0.39, 0.29) is 10.9 Å². The van der Waals surface area contributed by atoms with Crippen molar-refractivity contribution in [1.29, 1.82) is 0 Å². The lowest BCUT2D eigenvalue weighted by Gasteiger charge is -2.11. The van der Waals surface area contributed by atoms with Crippen LogP contribution in [-0.2, 0) is 6.54 Å². The number of benzene rings is 2. The van der Waals surface area contributed by atoms with E-state index in [9.17, 15) is 8.78 Å². The molecule has 112 valence electrons. The van der Waals surface area contributed by atoms with Crippen LogP contribution in [0.3, 0.4) is 0 Å². The summed E-state index contributed by atoms with van der Waals surface area (Å²) in [5.41, 5.74) is 1.62. The van der Waals surface area contributed by atoms with Crippen molar-refractivity contribution in [1.82, 2.24) is 5.32 Å². The minimum absolute atomic E-state index is 0.0533. The molecule has 0 aliphatic heterocycles. The molecule has 0 heterocycles. The monoisotopic (exact) mass is 307 g/mol. The first-order valence-electron chi connectivity index (χ1n) is 6.92. The maximum absolute atomic E-state index is 14.2. The van der Waals surface area contributed by atoms with Crippen molar-refractivity contribution >= 4 is 11.8 Å². The predicted octanol–water partition coefficient (Wildman–Crippen LogP) is 4.92. The molecule has 2 aromatic rings. The van der Waals surface area contributed by atoms with Crippen LogP contribution in [0.4, 0.5) is 8.78 Å². The molecular formula is C17H19F2NS. The van der Waals surface area contributed by atoms with Crippen LogP contribution in [0.5, 0.6) is 0 Å². The Balaban J connectivity index is 2.23. The molecule has 1 N–H and O–H groups in total. The topological polar surface area (TPSA) is 12.0 Å². The lowest BCUT2D eigenvalue weighted by molar-refractivity contribution is 0.529. The molecule has 0 aliphatic rings. The van der Waals surface area contributed by atoms with Crippen LogP contribution >= 0.6 is 11.8 Å². The summed E-state index contributed by atoms with van der Waals surface area (Å²) < 4.78 is 28.3. The molecule has 0 radical (unpaired) electrons. The van der Waals surface area contributed by atoms with Crippen LogP contribution in [0.1, 0.15) is 25.0 Å². The molecule has 0 fully saturated rings. The lowest BCUT2D eigenvalue weighted by Crippen LogP contribution is -2.22. The van der Waals surface area contributed by atoms with E-state index in [1.165, 1.54) is 12.1 Å². The molecule has 1 nitrogen and oxygen atoms in total. The van der Waals surface area contributed by atoms with Crippen molar-refractivity contribution < 1.29 is 8.78 Å². The van der Waals surface area contributed by atoms with Gasteiger partial charge in [0.05, 0.1) is 4.90 Å². The molecule has 2 aromatic carbocycles. The van der Waals surface area contributed by atoms with Crippen LogP contribution in [-0.4, -0.2) is 6.04 Å². The molecule has 0 atom stereocenters. The van der Waals surface area contributed by atoms with Crippen LogP contribution in [0, 0.1) is 18.6 Å². The highest BCUT2D eigenvalue weighted by Crippen LogP contribution is 2.34. The zero-order valence-corrected chi connectivity index (χ0v) is 13.2. The highest BCUT2D eigenvalue weighted by molar-refractivity contribution is 7.99. The number of rotatable bonds is 5. The third kappa shape index (κ3) is 4.29. The molecule has 0 saturated carbocycles. The van der Waals surface area contributed by atoms with E-state index in [0.717, 1.165) is 22.2 Å². The summed E-state index contributed by atoms with van der Waals surface area (Å²) in [5.74, 6) is -1.02. The molecule has 4 heteroatoms. The van der Waals surface area contributed by atoms with Crippen molar-refractivity contribution in [3.8, 4) is 0 Å². The Bertz CT molecular complexity index is 603. The summed E-state index contributed by atoms with van der Waals surface area (Å²) in [5, 5.41) is 3.15. The second-order valence-electron chi connectivity index (χ2n) is 5.29. The fraction of sp³-hybridized carbons (Fsp3) is 0.294. The van der Waals surface area contributed by atoms with Crippen LogP contribution in [0.15, 0.2) is 46.2 Å². The van der Waals surface area contributed by atoms with Crippen molar-refractivity contribution in [2.45, 2.75) is 43.1 Å². The molecular weight excluding hydrogens is 288 g/mol. The van der Waals surface area contributed by atoms with Gasteiger partial charge in [0.2, 0.25) is 0 Å². The lowest BCUT2D eigenvalue weighted by atomic mass is 10.2. The van der Waals surface area contributed by atoms with E-state index >= 15 is 0 Å². The zero-order valence-electron chi connectivity index (χ0n) is 12.4. The molecule has 0 bridgehead atoms. The normalized spacial score (nSPS) is 11.1. The largest absolute Gasteiger partial charge is 0.310 e. The highest BCUT2D eigenvalue weighted by Gasteiger charge is 2.13. The first kappa shape index (κ1) is 16.0. The Kier molecular flexibility index (Phi) is 5.37. The fourth-order valence-corrected chi connectivity index (χ4v) is 2.82. The highest BCUT2D eigenvalue weighted by atomic mass is 32.2. The van der Waals surface area contributed by atoms with Gasteiger partial charge in [-0.25, -0.2) is 8.78 Å². The minimum atomic E-state index is -0.510. The standard InChI is InChI=1S/C17H19F2NS/c1-11(2)20-10-13-8-14(18)17(15(19)9-13)21-16-7-5-4-6-12(16)3/h4-9,11,20H,10H2,1-3H3. The molecule has 0 aliphatic carbocycles. The van der Waals surface area contributed by atoms with Gasteiger partial charge >= 0.3 is 0 Å². The second-order valence-corrected chi connectivity index (χ2v) is 6.34. The van der Waals surface area contributed by atoms with Gasteiger partial charge in [-0.2, -0.15) is 0 Å². The van der Waals surface area contributed by atoms with E-state index < -0.39 is 11.6 Å². The molecule has 0 spiro atoms. The summed E-state index contributed by atoms with van der Waals surface area (Å²) in [4.78, 5) is 0.918. The smallest absolute Gasteiger partial charge is 0.140 e. The van der Waals surface area contributed by atoms with Crippen LogP contribution < -0.4 is 5.32 Å². The first-order chi connectivity index (χ1) is 9.97. The number of halogens is 2. The summed E-state index contributed by atoms with van der Waals surface area (Å²) in [6.45, 7) is 6.38. The molecule has 2 rings (SSSR count). The summed E-state index contributed by atoms with van der Waals surface area (Å²) in [6, 6.07) is 10.7. The van der Waals surface area contributed by atoms with Gasteiger partial charge in [-0.15, -0.1) is 0 Å². The number of hydrogen-bond donors (Lipinski definition) is 1. The maximum atomic E-state index is 14.2. The molecule has 0 saturated heterocycles. The van der Waals surface area contributed by atoms with Gasteiger partial charge in [0.15, 0.2) is 0 Å². The quantitative estimate of drug-likeness (QED) is 0.841. The van der Waals surface area contributed by atoms with Gasteiger partial charge in [-0.1, -0.05) is 43.8 Å². The van der Waals surface area contributed by atoms with E-state index in [2.05, 4.69) is 5.32 Å². The van der Waals surface area contributed by atoms with Gasteiger partial charge < -0.3 is 5.32 Å². The Hall–Kier alpha value is -1.39. The van der Waals surface area contributed by atoms with E-state index in [1.54, 1.807) is 0 Å². The molecule has 0 unspecified atom stereocenters. The Labute approximate surface area is 128 Å². The minimum Gasteiger partial charge on any atom is -0.310 e. The number of hydrogen-bond acceptors (Lipinski definition) is 2. The van der Waals surface area contributed by atoms with Gasteiger partial charge in [-0.3, -0.25) is 0 Å². The Morgan fingerprint density at radius 1 is 1.10 bits per heavy atom. The summed E-state index contributed by atoms with van der Waals surface area (Å²) in [6.07, 6.45) is 0.